The van der Waals surface area contributed by atoms with Crippen LogP contribution in [-0.2, 0) is 6.54 Å². The van der Waals surface area contributed by atoms with Gasteiger partial charge in [0.15, 0.2) is 0 Å². The molecule has 1 heterocycles. The molecule has 90 valence electrons. The molecular weight excluding hydrogens is 255 g/mol. The van der Waals surface area contributed by atoms with Gasteiger partial charge in [-0.05, 0) is 37.1 Å². The van der Waals surface area contributed by atoms with Gasteiger partial charge < -0.3 is 0 Å². The molecular formula is C13H14Cl2N2. The Morgan fingerprint density at radius 3 is 2.88 bits per heavy atom. The molecule has 0 aromatic heterocycles. The Bertz CT molecular complexity index is 440. The number of hydrogen-bond acceptors (Lipinski definition) is 2. The van der Waals surface area contributed by atoms with E-state index in [1.807, 2.05) is 18.2 Å². The Morgan fingerprint density at radius 1 is 1.35 bits per heavy atom. The third kappa shape index (κ3) is 3.35. The number of likely N-dealkylation sites (tertiary alicyclic amines) is 1. The standard InChI is InChI=1S/C13H14Cl2N2/c14-12-4-3-10(6-13(12)15)8-17-5-1-2-11(7-16)9-17/h3-4,6,11H,1-2,5,8-9H2. The zero-order chi connectivity index (χ0) is 12.3. The summed E-state index contributed by atoms with van der Waals surface area (Å²) < 4.78 is 0. The minimum atomic E-state index is 0.173. The van der Waals surface area contributed by atoms with Crippen LogP contribution in [0.2, 0.25) is 10.0 Å². The fraction of sp³-hybridized carbons (Fsp3) is 0.462. The maximum absolute atomic E-state index is 8.94. The average Bonchev–Trinajstić information content (AvgIpc) is 2.34. The fourth-order valence-corrected chi connectivity index (χ4v) is 2.52. The number of hydrogen-bond donors (Lipinski definition) is 0. The maximum Gasteiger partial charge on any atom is 0.0669 e. The summed E-state index contributed by atoms with van der Waals surface area (Å²) in [6.45, 7) is 2.75. The lowest BCUT2D eigenvalue weighted by molar-refractivity contribution is 0.192. The van der Waals surface area contributed by atoms with Crippen LogP contribution in [0, 0.1) is 17.2 Å². The lowest BCUT2D eigenvalue weighted by Gasteiger charge is -2.29. The maximum atomic E-state index is 8.94. The number of benzene rings is 1. The van der Waals surface area contributed by atoms with Crippen LogP contribution in [0.15, 0.2) is 18.2 Å². The summed E-state index contributed by atoms with van der Waals surface area (Å²) in [4.78, 5) is 2.30. The molecule has 1 aromatic carbocycles. The molecule has 2 rings (SSSR count). The van der Waals surface area contributed by atoms with E-state index in [4.69, 9.17) is 28.5 Å². The number of nitriles is 1. The molecule has 17 heavy (non-hydrogen) atoms. The van der Waals surface area contributed by atoms with E-state index in [1.165, 1.54) is 0 Å². The normalized spacial score (nSPS) is 21.1. The van der Waals surface area contributed by atoms with E-state index in [-0.39, 0.29) is 5.92 Å². The smallest absolute Gasteiger partial charge is 0.0669 e. The van der Waals surface area contributed by atoms with Gasteiger partial charge in [0.2, 0.25) is 0 Å². The van der Waals surface area contributed by atoms with Gasteiger partial charge in [-0.3, -0.25) is 4.90 Å². The number of piperidine rings is 1. The Balaban J connectivity index is 2.00. The summed E-state index contributed by atoms with van der Waals surface area (Å²) >= 11 is 11.9. The van der Waals surface area contributed by atoms with Crippen molar-refractivity contribution in [2.24, 2.45) is 5.92 Å². The van der Waals surface area contributed by atoms with Crippen LogP contribution in [0.3, 0.4) is 0 Å². The van der Waals surface area contributed by atoms with Crippen molar-refractivity contribution < 1.29 is 0 Å². The van der Waals surface area contributed by atoms with Gasteiger partial charge in [0.25, 0.3) is 0 Å². The SMILES string of the molecule is N#CC1CCCN(Cc2ccc(Cl)c(Cl)c2)C1. The first-order valence-electron chi connectivity index (χ1n) is 5.75. The quantitative estimate of drug-likeness (QED) is 0.818. The molecule has 1 atom stereocenters. The molecule has 2 nitrogen and oxygen atoms in total. The minimum absolute atomic E-state index is 0.173. The molecule has 0 radical (unpaired) electrons. The largest absolute Gasteiger partial charge is 0.298 e. The van der Waals surface area contributed by atoms with Crippen LogP contribution in [0.4, 0.5) is 0 Å². The van der Waals surface area contributed by atoms with E-state index in [1.54, 1.807) is 0 Å². The van der Waals surface area contributed by atoms with E-state index in [0.29, 0.717) is 10.0 Å². The zero-order valence-electron chi connectivity index (χ0n) is 9.50. The summed E-state index contributed by atoms with van der Waals surface area (Å²) in [5.74, 6) is 0.173. The number of nitrogens with zero attached hydrogens (tertiary/aromatic N) is 2. The second-order valence-electron chi connectivity index (χ2n) is 4.45. The van der Waals surface area contributed by atoms with E-state index >= 15 is 0 Å². The summed E-state index contributed by atoms with van der Waals surface area (Å²) in [5, 5.41) is 10.1. The molecule has 0 N–H and O–H groups in total. The number of halogens is 2. The van der Waals surface area contributed by atoms with E-state index < -0.39 is 0 Å². The van der Waals surface area contributed by atoms with Crippen molar-refractivity contribution in [3.8, 4) is 6.07 Å². The molecule has 1 aromatic rings. The Hall–Kier alpha value is -0.750. The van der Waals surface area contributed by atoms with Gasteiger partial charge in [0.05, 0.1) is 22.0 Å². The van der Waals surface area contributed by atoms with Crippen LogP contribution < -0.4 is 0 Å². The van der Waals surface area contributed by atoms with E-state index in [9.17, 15) is 0 Å². The second-order valence-corrected chi connectivity index (χ2v) is 5.27. The van der Waals surface area contributed by atoms with Gasteiger partial charge in [-0.15, -0.1) is 0 Å². The number of rotatable bonds is 2. The second kappa shape index (κ2) is 5.73. The molecule has 1 unspecified atom stereocenters. The predicted molar refractivity (Wildman–Crippen MR) is 70.1 cm³/mol. The highest BCUT2D eigenvalue weighted by molar-refractivity contribution is 6.42. The molecule has 0 bridgehead atoms. The monoisotopic (exact) mass is 268 g/mol. The molecule has 4 heteroatoms. The van der Waals surface area contributed by atoms with Crippen LogP contribution in [-0.4, -0.2) is 18.0 Å². The average molecular weight is 269 g/mol. The predicted octanol–water partition coefficient (Wildman–Crippen LogP) is 3.73. The van der Waals surface area contributed by atoms with Crippen molar-refractivity contribution in [1.29, 1.82) is 5.26 Å². The first-order valence-corrected chi connectivity index (χ1v) is 6.50. The molecule has 1 fully saturated rings. The first kappa shape index (κ1) is 12.7. The molecule has 1 saturated heterocycles. The Labute approximate surface area is 112 Å². The molecule has 1 aliphatic heterocycles. The minimum Gasteiger partial charge on any atom is -0.298 e. The van der Waals surface area contributed by atoms with Gasteiger partial charge in [-0.25, -0.2) is 0 Å². The van der Waals surface area contributed by atoms with Gasteiger partial charge in [0.1, 0.15) is 0 Å². The highest BCUT2D eigenvalue weighted by atomic mass is 35.5. The van der Waals surface area contributed by atoms with Gasteiger partial charge in [0, 0.05) is 13.1 Å². The van der Waals surface area contributed by atoms with Gasteiger partial charge in [-0.2, -0.15) is 5.26 Å². The lowest BCUT2D eigenvalue weighted by atomic mass is 9.99. The van der Waals surface area contributed by atoms with Gasteiger partial charge >= 0.3 is 0 Å². The van der Waals surface area contributed by atoms with Crippen molar-refractivity contribution in [2.45, 2.75) is 19.4 Å². The van der Waals surface area contributed by atoms with Gasteiger partial charge in [-0.1, -0.05) is 29.3 Å². The molecule has 0 amide bonds. The van der Waals surface area contributed by atoms with Crippen molar-refractivity contribution in [1.82, 2.24) is 4.90 Å². The summed E-state index contributed by atoms with van der Waals surface area (Å²) in [5.41, 5.74) is 1.15. The molecule has 0 aliphatic carbocycles. The van der Waals surface area contributed by atoms with Crippen LogP contribution in [0.25, 0.3) is 0 Å². The van der Waals surface area contributed by atoms with Crippen LogP contribution >= 0.6 is 23.2 Å². The van der Waals surface area contributed by atoms with E-state index in [2.05, 4.69) is 11.0 Å². The van der Waals surface area contributed by atoms with Crippen LogP contribution in [0.1, 0.15) is 18.4 Å². The Kier molecular flexibility index (Phi) is 4.28. The summed E-state index contributed by atoms with van der Waals surface area (Å²) in [6.07, 6.45) is 2.12. The summed E-state index contributed by atoms with van der Waals surface area (Å²) in [6, 6.07) is 8.07. The van der Waals surface area contributed by atoms with Crippen molar-refractivity contribution in [2.75, 3.05) is 13.1 Å². The topological polar surface area (TPSA) is 27.0 Å². The first-order chi connectivity index (χ1) is 8.19. The fourth-order valence-electron chi connectivity index (χ4n) is 2.20. The highest BCUT2D eigenvalue weighted by Crippen LogP contribution is 2.24. The third-order valence-electron chi connectivity index (χ3n) is 3.08. The van der Waals surface area contributed by atoms with E-state index in [0.717, 1.165) is 38.0 Å². The third-order valence-corrected chi connectivity index (χ3v) is 3.82. The zero-order valence-corrected chi connectivity index (χ0v) is 11.0. The van der Waals surface area contributed by atoms with Crippen molar-refractivity contribution in [3.63, 3.8) is 0 Å². The molecule has 1 aliphatic rings. The molecule has 0 spiro atoms. The van der Waals surface area contributed by atoms with Crippen LogP contribution in [0.5, 0.6) is 0 Å². The molecule has 0 saturated carbocycles. The van der Waals surface area contributed by atoms with Crippen molar-refractivity contribution in [3.05, 3.63) is 33.8 Å². The van der Waals surface area contributed by atoms with Crippen molar-refractivity contribution >= 4 is 23.2 Å². The highest BCUT2D eigenvalue weighted by Gasteiger charge is 2.19. The summed E-state index contributed by atoms with van der Waals surface area (Å²) in [7, 11) is 0. The lowest BCUT2D eigenvalue weighted by Crippen LogP contribution is -2.34. The Morgan fingerprint density at radius 2 is 2.18 bits per heavy atom.